The van der Waals surface area contributed by atoms with Gasteiger partial charge in [0.15, 0.2) is 0 Å². The van der Waals surface area contributed by atoms with Crippen molar-refractivity contribution in [3.8, 4) is 0 Å². The first-order chi connectivity index (χ1) is 4.42. The first kappa shape index (κ1) is 10.5. The maximum atomic E-state index is 2.45. The molecule has 1 nitrogen and oxygen atoms in total. The molecule has 0 aliphatic heterocycles. The Kier molecular flexibility index (Phi) is 4.61. The number of nitrogens with zero attached hydrogens (tertiary/aromatic N) is 1. The molecular weight excluding hydrogens is 229 g/mol. The Balaban J connectivity index is 3.57. The van der Waals surface area contributed by atoms with Crippen molar-refractivity contribution in [2.75, 3.05) is 20.6 Å². The van der Waals surface area contributed by atoms with Crippen molar-refractivity contribution in [1.82, 2.24) is 4.90 Å². The minimum atomic E-state index is -1.58. The number of likely N-dealkylation sites (N-methyl/N-ethyl adjacent to an activating group) is 1. The molecule has 0 saturated heterocycles. The van der Waals surface area contributed by atoms with Crippen LogP contribution in [0.5, 0.6) is 0 Å². The van der Waals surface area contributed by atoms with E-state index in [-0.39, 0.29) is 0 Å². The average Bonchev–Trinajstić information content (AvgIpc) is 1.59. The summed E-state index contributed by atoms with van der Waals surface area (Å²) >= 11 is -1.58. The van der Waals surface area contributed by atoms with Gasteiger partial charge in [0, 0.05) is 0 Å². The summed E-state index contributed by atoms with van der Waals surface area (Å²) in [4.78, 5) is 9.44. The molecule has 0 radical (unpaired) electrons. The minimum absolute atomic E-state index is 1.09. The van der Waals surface area contributed by atoms with Gasteiger partial charge in [-0.3, -0.25) is 0 Å². The monoisotopic (exact) mass is 249 g/mol. The number of hydrogen-bond donors (Lipinski definition) is 0. The van der Waals surface area contributed by atoms with Crippen molar-refractivity contribution in [1.29, 1.82) is 0 Å². The van der Waals surface area contributed by atoms with Crippen LogP contribution in [-0.2, 0) is 0 Å². The first-order valence-electron chi connectivity index (χ1n) is 3.74. The van der Waals surface area contributed by atoms with Crippen LogP contribution in [0.25, 0.3) is 0 Å². The molecule has 0 aromatic heterocycles. The Labute approximate surface area is 69.0 Å². The molecule has 0 aliphatic carbocycles. The number of hydrogen-bond acceptors (Lipinski definition) is 1. The normalized spacial score (nSPS) is 13.4. The fraction of sp³-hybridized carbons (Fsp3) is 0.750. The molecule has 10 heavy (non-hydrogen) atoms. The molecule has 0 amide bonds. The Hall–Kier alpha value is 0.499. The van der Waals surface area contributed by atoms with E-state index in [1.807, 2.05) is 0 Å². The first-order valence-corrected chi connectivity index (χ1v) is 14.0. The van der Waals surface area contributed by atoms with Crippen LogP contribution in [0, 0.1) is 0 Å². The van der Waals surface area contributed by atoms with Gasteiger partial charge in [-0.15, -0.1) is 0 Å². The molecule has 0 unspecified atom stereocenters. The van der Waals surface area contributed by atoms with Crippen molar-refractivity contribution < 1.29 is 0 Å². The van der Waals surface area contributed by atoms with Crippen LogP contribution in [0.4, 0.5) is 0 Å². The Morgan fingerprint density at radius 2 is 1.70 bits per heavy atom. The fourth-order valence-electron chi connectivity index (χ4n) is 0.617. The average molecular weight is 248 g/mol. The van der Waals surface area contributed by atoms with E-state index in [4.69, 9.17) is 0 Å². The Morgan fingerprint density at radius 1 is 1.20 bits per heavy atom. The molecule has 0 bridgehead atoms. The standard InChI is InChI=1S/C5H10N.3CH3.Sn/c1-4-5-6(2)3;;;;/h1,4H,5H2,2-3H3;3*1H3;. The molecule has 2 heteroatoms. The van der Waals surface area contributed by atoms with Gasteiger partial charge in [0.05, 0.1) is 0 Å². The van der Waals surface area contributed by atoms with E-state index in [0.717, 1.165) is 6.54 Å². The zero-order valence-corrected chi connectivity index (χ0v) is 10.7. The van der Waals surface area contributed by atoms with Crippen molar-refractivity contribution in [2.24, 2.45) is 0 Å². The van der Waals surface area contributed by atoms with Gasteiger partial charge in [-0.2, -0.15) is 0 Å². The van der Waals surface area contributed by atoms with Crippen molar-refractivity contribution >= 4 is 18.4 Å². The maximum absolute atomic E-state index is 2.45. The number of rotatable bonds is 3. The van der Waals surface area contributed by atoms with E-state index in [1.165, 1.54) is 0 Å². The summed E-state index contributed by atoms with van der Waals surface area (Å²) in [7, 11) is 4.20. The van der Waals surface area contributed by atoms with E-state index in [0.29, 0.717) is 0 Å². The van der Waals surface area contributed by atoms with Crippen LogP contribution in [0.15, 0.2) is 10.2 Å². The summed E-state index contributed by atoms with van der Waals surface area (Å²) in [6, 6.07) is 0. The van der Waals surface area contributed by atoms with Crippen LogP contribution in [0.3, 0.4) is 0 Å². The molecule has 0 aromatic rings. The molecule has 0 N–H and O–H groups in total. The van der Waals surface area contributed by atoms with E-state index < -0.39 is 18.4 Å². The van der Waals surface area contributed by atoms with Crippen molar-refractivity contribution in [3.63, 3.8) is 0 Å². The van der Waals surface area contributed by atoms with E-state index in [1.54, 1.807) is 0 Å². The van der Waals surface area contributed by atoms with E-state index in [2.05, 4.69) is 44.0 Å². The van der Waals surface area contributed by atoms with Crippen LogP contribution >= 0.6 is 0 Å². The van der Waals surface area contributed by atoms with Gasteiger partial charge in [0.2, 0.25) is 0 Å². The quantitative estimate of drug-likeness (QED) is 0.690. The van der Waals surface area contributed by atoms with Gasteiger partial charge in [-0.05, 0) is 0 Å². The third-order valence-electron chi connectivity index (χ3n) is 1.09. The topological polar surface area (TPSA) is 3.24 Å². The second kappa shape index (κ2) is 4.39. The third-order valence-corrected chi connectivity index (χ3v) is 4.62. The predicted octanol–water partition coefficient (Wildman–Crippen LogP) is 1.98. The van der Waals surface area contributed by atoms with Crippen LogP contribution < -0.4 is 0 Å². The molecule has 0 fully saturated rings. The zero-order valence-electron chi connectivity index (χ0n) is 7.81. The summed E-state index contributed by atoms with van der Waals surface area (Å²) in [5.74, 6) is 0. The van der Waals surface area contributed by atoms with Gasteiger partial charge in [-0.25, -0.2) is 0 Å². The van der Waals surface area contributed by atoms with E-state index in [9.17, 15) is 0 Å². The molecule has 0 rings (SSSR count). The van der Waals surface area contributed by atoms with Crippen LogP contribution in [0.2, 0.25) is 14.8 Å². The molecule has 0 spiro atoms. The van der Waals surface area contributed by atoms with Crippen molar-refractivity contribution in [3.05, 3.63) is 10.2 Å². The zero-order chi connectivity index (χ0) is 8.20. The molecule has 0 aliphatic rings. The van der Waals surface area contributed by atoms with E-state index >= 15 is 0 Å². The molecule has 0 saturated carbocycles. The predicted molar refractivity (Wildman–Crippen MR) is 51.0 cm³/mol. The molecule has 0 atom stereocenters. The Bertz CT molecular complexity index is 111. The second-order valence-corrected chi connectivity index (χ2v) is 18.5. The summed E-state index contributed by atoms with van der Waals surface area (Å²) in [6.07, 6.45) is 2.30. The van der Waals surface area contributed by atoms with Crippen molar-refractivity contribution in [2.45, 2.75) is 14.8 Å². The molecule has 0 aromatic carbocycles. The van der Waals surface area contributed by atoms with Crippen LogP contribution in [0.1, 0.15) is 0 Å². The second-order valence-electron chi connectivity index (χ2n) is 4.03. The van der Waals surface area contributed by atoms with Gasteiger partial charge < -0.3 is 0 Å². The molecule has 0 heterocycles. The SMILES string of the molecule is CN(C)C/C=[CH]/[Sn]([CH3])([CH3])[CH3]. The van der Waals surface area contributed by atoms with Gasteiger partial charge in [0.25, 0.3) is 0 Å². The van der Waals surface area contributed by atoms with Gasteiger partial charge in [0.1, 0.15) is 0 Å². The van der Waals surface area contributed by atoms with Crippen LogP contribution in [-0.4, -0.2) is 43.9 Å². The fourth-order valence-corrected chi connectivity index (χ4v) is 2.94. The molecule has 60 valence electrons. The summed E-state index contributed by atoms with van der Waals surface area (Å²) < 4.78 is 2.45. The summed E-state index contributed by atoms with van der Waals surface area (Å²) in [5.41, 5.74) is 0. The third kappa shape index (κ3) is 8.50. The molecular formula is C8H19NSn. The Morgan fingerprint density at radius 3 is 2.00 bits per heavy atom. The van der Waals surface area contributed by atoms with Gasteiger partial charge in [-0.1, -0.05) is 0 Å². The summed E-state index contributed by atoms with van der Waals surface area (Å²) in [5, 5.41) is 0. The summed E-state index contributed by atoms with van der Waals surface area (Å²) in [6.45, 7) is 1.09. The van der Waals surface area contributed by atoms with Gasteiger partial charge >= 0.3 is 68.9 Å².